The number of nitrogens with one attached hydrogen (secondary N) is 2. The molecule has 0 aliphatic heterocycles. The summed E-state index contributed by atoms with van der Waals surface area (Å²) in [4.78, 5) is 16.6. The molecule has 8 heteroatoms. The Hall–Kier alpha value is -1.63. The minimum Gasteiger partial charge on any atom is -0.349 e. The number of benzene rings is 1. The maximum atomic E-state index is 12.3. The summed E-state index contributed by atoms with van der Waals surface area (Å²) in [5.74, 6) is 0.482. The molecule has 0 aliphatic rings. The van der Waals surface area contributed by atoms with Gasteiger partial charge in [0.2, 0.25) is 5.82 Å². The number of hydrogen-bond acceptors (Lipinski definition) is 4. The van der Waals surface area contributed by atoms with Gasteiger partial charge in [0.25, 0.3) is 5.91 Å². The molecule has 0 aliphatic carbocycles. The van der Waals surface area contributed by atoms with Crippen LogP contribution in [0.25, 0.3) is 5.69 Å². The minimum atomic E-state index is -0.310. The number of rotatable bonds is 7. The summed E-state index contributed by atoms with van der Waals surface area (Å²) in [7, 11) is 1.87. The molecule has 0 atom stereocenters. The van der Waals surface area contributed by atoms with Gasteiger partial charge in [-0.15, -0.1) is 5.10 Å². The van der Waals surface area contributed by atoms with Crippen LogP contribution in [0.1, 0.15) is 42.6 Å². The lowest BCUT2D eigenvalue weighted by Gasteiger charge is -2.11. The van der Waals surface area contributed by atoms with Crippen molar-refractivity contribution in [2.45, 2.75) is 26.2 Å². The van der Waals surface area contributed by atoms with Crippen LogP contribution in [0, 0.1) is 0 Å². The van der Waals surface area contributed by atoms with Crippen LogP contribution < -0.4 is 10.6 Å². The molecule has 1 aromatic carbocycles. The maximum absolute atomic E-state index is 12.3. The van der Waals surface area contributed by atoms with Gasteiger partial charge in [-0.25, -0.2) is 9.67 Å². The molecule has 0 saturated carbocycles. The zero-order valence-electron chi connectivity index (χ0n) is 13.9. The van der Waals surface area contributed by atoms with E-state index in [1.807, 2.05) is 20.9 Å². The molecule has 6 nitrogen and oxygen atoms in total. The van der Waals surface area contributed by atoms with E-state index in [1.165, 1.54) is 0 Å². The molecule has 0 fully saturated rings. The SMILES string of the molecule is CNCCCNC(=O)c1nc(C(C)C)n(-c2c(Cl)cccc2Cl)n1. The Balaban J connectivity index is 2.33. The molecule has 0 saturated heterocycles. The topological polar surface area (TPSA) is 71.8 Å². The second kappa shape index (κ2) is 8.46. The van der Waals surface area contributed by atoms with E-state index in [1.54, 1.807) is 22.9 Å². The van der Waals surface area contributed by atoms with Crippen molar-refractivity contribution in [1.29, 1.82) is 0 Å². The van der Waals surface area contributed by atoms with Crippen LogP contribution >= 0.6 is 23.2 Å². The molecule has 2 rings (SSSR count). The van der Waals surface area contributed by atoms with Crippen molar-refractivity contribution in [3.63, 3.8) is 0 Å². The number of amides is 1. The van der Waals surface area contributed by atoms with Crippen LogP contribution in [0.2, 0.25) is 10.0 Å². The van der Waals surface area contributed by atoms with Crippen molar-refractivity contribution in [3.05, 3.63) is 39.9 Å². The smallest absolute Gasteiger partial charge is 0.290 e. The van der Waals surface area contributed by atoms with Crippen molar-refractivity contribution in [2.75, 3.05) is 20.1 Å². The maximum Gasteiger partial charge on any atom is 0.290 e. The van der Waals surface area contributed by atoms with Crippen LogP contribution in [-0.2, 0) is 0 Å². The number of nitrogens with zero attached hydrogens (tertiary/aromatic N) is 3. The van der Waals surface area contributed by atoms with Crippen molar-refractivity contribution in [2.24, 2.45) is 0 Å². The molecule has 130 valence electrons. The first kappa shape index (κ1) is 18.7. The van der Waals surface area contributed by atoms with Gasteiger partial charge in [0, 0.05) is 12.5 Å². The van der Waals surface area contributed by atoms with Crippen LogP contribution in [0.4, 0.5) is 0 Å². The average molecular weight is 370 g/mol. The summed E-state index contributed by atoms with van der Waals surface area (Å²) in [5.41, 5.74) is 0.534. The summed E-state index contributed by atoms with van der Waals surface area (Å²) in [6.45, 7) is 5.33. The summed E-state index contributed by atoms with van der Waals surface area (Å²) in [5, 5.41) is 11.1. The Kier molecular flexibility index (Phi) is 6.60. The molecule has 0 bridgehead atoms. The van der Waals surface area contributed by atoms with E-state index in [4.69, 9.17) is 23.2 Å². The van der Waals surface area contributed by atoms with Crippen molar-refractivity contribution in [3.8, 4) is 5.69 Å². The van der Waals surface area contributed by atoms with Crippen molar-refractivity contribution in [1.82, 2.24) is 25.4 Å². The lowest BCUT2D eigenvalue weighted by Crippen LogP contribution is -2.27. The molecule has 2 N–H and O–H groups in total. The van der Waals surface area contributed by atoms with Gasteiger partial charge < -0.3 is 10.6 Å². The van der Waals surface area contributed by atoms with Crippen LogP contribution in [0.3, 0.4) is 0 Å². The molecule has 1 heterocycles. The molecule has 1 amide bonds. The first-order chi connectivity index (χ1) is 11.5. The van der Waals surface area contributed by atoms with Gasteiger partial charge in [-0.3, -0.25) is 4.79 Å². The molecular formula is C16H21Cl2N5O. The standard InChI is InChI=1S/C16H21Cl2N5O/c1-10(2)15-21-14(16(24)20-9-5-8-19-3)22-23(15)13-11(17)6-4-7-12(13)18/h4,6-7,10,19H,5,8-9H2,1-3H3,(H,20,24). The molecule has 24 heavy (non-hydrogen) atoms. The van der Waals surface area contributed by atoms with Crippen molar-refractivity contribution < 1.29 is 4.79 Å². The van der Waals surface area contributed by atoms with Crippen LogP contribution in [0.15, 0.2) is 18.2 Å². The largest absolute Gasteiger partial charge is 0.349 e. The summed E-state index contributed by atoms with van der Waals surface area (Å²) >= 11 is 12.5. The van der Waals surface area contributed by atoms with E-state index in [2.05, 4.69) is 20.7 Å². The minimum absolute atomic E-state index is 0.0516. The number of aromatic nitrogens is 3. The highest BCUT2D eigenvalue weighted by molar-refractivity contribution is 6.37. The van der Waals surface area contributed by atoms with Crippen LogP contribution in [-0.4, -0.2) is 40.8 Å². The van der Waals surface area contributed by atoms with Gasteiger partial charge in [0.1, 0.15) is 11.5 Å². The second-order valence-electron chi connectivity index (χ2n) is 5.64. The molecular weight excluding hydrogens is 349 g/mol. The van der Waals surface area contributed by atoms with Gasteiger partial charge in [-0.05, 0) is 32.1 Å². The van der Waals surface area contributed by atoms with E-state index in [-0.39, 0.29) is 17.6 Å². The number of halogens is 2. The highest BCUT2D eigenvalue weighted by Gasteiger charge is 2.21. The first-order valence-electron chi connectivity index (χ1n) is 7.79. The number of carbonyl (C=O) groups is 1. The molecule has 0 radical (unpaired) electrons. The van der Waals surface area contributed by atoms with E-state index >= 15 is 0 Å². The fourth-order valence-corrected chi connectivity index (χ4v) is 2.75. The Morgan fingerprint density at radius 2 is 1.92 bits per heavy atom. The van der Waals surface area contributed by atoms with E-state index in [9.17, 15) is 4.79 Å². The fraction of sp³-hybridized carbons (Fsp3) is 0.438. The quantitative estimate of drug-likeness (QED) is 0.735. The number of para-hydroxylation sites is 1. The third-order valence-corrected chi connectivity index (χ3v) is 4.00. The monoisotopic (exact) mass is 369 g/mol. The predicted molar refractivity (Wildman–Crippen MR) is 96.3 cm³/mol. The zero-order valence-corrected chi connectivity index (χ0v) is 15.4. The Bertz CT molecular complexity index is 694. The fourth-order valence-electron chi connectivity index (χ4n) is 2.20. The third-order valence-electron chi connectivity index (χ3n) is 3.39. The second-order valence-corrected chi connectivity index (χ2v) is 6.46. The summed E-state index contributed by atoms with van der Waals surface area (Å²) in [6, 6.07) is 5.22. The molecule has 1 aromatic heterocycles. The van der Waals surface area contributed by atoms with Gasteiger partial charge in [-0.1, -0.05) is 43.1 Å². The summed E-state index contributed by atoms with van der Waals surface area (Å²) in [6.07, 6.45) is 0.830. The Labute approximate surface area is 151 Å². The van der Waals surface area contributed by atoms with E-state index in [0.717, 1.165) is 13.0 Å². The normalized spacial score (nSPS) is 11.1. The average Bonchev–Trinajstić information content (AvgIpc) is 2.96. The highest BCUT2D eigenvalue weighted by Crippen LogP contribution is 2.30. The van der Waals surface area contributed by atoms with Crippen LogP contribution in [0.5, 0.6) is 0 Å². The summed E-state index contributed by atoms with van der Waals surface area (Å²) < 4.78 is 1.55. The Morgan fingerprint density at radius 1 is 1.25 bits per heavy atom. The molecule has 0 spiro atoms. The zero-order chi connectivity index (χ0) is 17.7. The van der Waals surface area contributed by atoms with E-state index < -0.39 is 0 Å². The molecule has 0 unspecified atom stereocenters. The van der Waals surface area contributed by atoms with Gasteiger partial charge >= 0.3 is 0 Å². The van der Waals surface area contributed by atoms with Crippen molar-refractivity contribution >= 4 is 29.1 Å². The first-order valence-corrected chi connectivity index (χ1v) is 8.55. The Morgan fingerprint density at radius 3 is 2.50 bits per heavy atom. The number of hydrogen-bond donors (Lipinski definition) is 2. The highest BCUT2D eigenvalue weighted by atomic mass is 35.5. The predicted octanol–water partition coefficient (Wildman–Crippen LogP) is 3.04. The number of carbonyl (C=O) groups excluding carboxylic acids is 1. The van der Waals surface area contributed by atoms with Gasteiger partial charge in [0.15, 0.2) is 0 Å². The van der Waals surface area contributed by atoms with Gasteiger partial charge in [0.05, 0.1) is 10.0 Å². The lowest BCUT2D eigenvalue weighted by molar-refractivity contribution is 0.0943. The lowest BCUT2D eigenvalue weighted by atomic mass is 10.2. The van der Waals surface area contributed by atoms with E-state index in [0.29, 0.717) is 28.1 Å². The third kappa shape index (κ3) is 4.26. The molecule has 2 aromatic rings. The van der Waals surface area contributed by atoms with Gasteiger partial charge in [-0.2, -0.15) is 0 Å².